The molecule has 2 aromatic rings. The van der Waals surface area contributed by atoms with Gasteiger partial charge in [-0.2, -0.15) is 0 Å². The maximum absolute atomic E-state index is 2.72. The number of aromatic nitrogens is 1. The van der Waals surface area contributed by atoms with Gasteiger partial charge in [0.2, 0.25) is 0 Å². The van der Waals surface area contributed by atoms with E-state index >= 15 is 0 Å². The summed E-state index contributed by atoms with van der Waals surface area (Å²) < 4.78 is 2.38. The molecule has 2 aliphatic rings. The van der Waals surface area contributed by atoms with Crippen molar-refractivity contribution in [1.82, 2.24) is 19.3 Å². The first-order valence-electron chi connectivity index (χ1n) is 10.9. The molecule has 0 saturated carbocycles. The van der Waals surface area contributed by atoms with Gasteiger partial charge in [-0.25, -0.2) is 0 Å². The minimum absolute atomic E-state index is 0.839. The monoisotopic (exact) mass is 368 g/mol. The number of nitrogens with zero attached hydrogens (tertiary/aromatic N) is 4. The van der Waals surface area contributed by atoms with Gasteiger partial charge in [0, 0.05) is 64.1 Å². The summed E-state index contributed by atoms with van der Waals surface area (Å²) in [5.74, 6) is 0.839. The highest BCUT2D eigenvalue weighted by Gasteiger charge is 2.24. The molecule has 4 rings (SSSR count). The van der Waals surface area contributed by atoms with Crippen LogP contribution in [-0.2, 0) is 13.6 Å². The maximum atomic E-state index is 2.72. The topological polar surface area (TPSA) is 14.7 Å². The maximum Gasteiger partial charge on any atom is 0.0480 e. The number of piperidine rings is 1. The Bertz CT molecular complexity index is 729. The molecule has 0 radical (unpaired) electrons. The molecule has 0 bridgehead atoms. The minimum atomic E-state index is 0.839. The Balaban J connectivity index is 1.31. The highest BCUT2D eigenvalue weighted by Crippen LogP contribution is 2.23. The van der Waals surface area contributed by atoms with E-state index in [1.165, 1.54) is 88.2 Å². The summed E-state index contributed by atoms with van der Waals surface area (Å²) in [6, 6.07) is 11.1. The van der Waals surface area contributed by atoms with E-state index in [4.69, 9.17) is 0 Å². The molecule has 4 nitrogen and oxygen atoms in total. The van der Waals surface area contributed by atoms with Crippen molar-refractivity contribution in [2.75, 3.05) is 52.4 Å². The molecule has 4 heteroatoms. The van der Waals surface area contributed by atoms with Crippen LogP contribution in [-0.4, -0.2) is 71.6 Å². The molecule has 0 spiro atoms. The molecule has 1 aromatic carbocycles. The van der Waals surface area contributed by atoms with Crippen LogP contribution in [0, 0.1) is 5.92 Å². The number of aryl methyl sites for hydroxylation is 1. The average Bonchev–Trinajstić information content (AvgIpc) is 3.00. The van der Waals surface area contributed by atoms with Crippen molar-refractivity contribution in [3.63, 3.8) is 0 Å². The van der Waals surface area contributed by atoms with Crippen LogP contribution in [0.3, 0.4) is 0 Å². The van der Waals surface area contributed by atoms with Crippen LogP contribution in [0.2, 0.25) is 0 Å². The Kier molecular flexibility index (Phi) is 6.16. The molecule has 1 atom stereocenters. The van der Waals surface area contributed by atoms with Gasteiger partial charge in [-0.1, -0.05) is 25.1 Å². The number of hydrogen-bond acceptors (Lipinski definition) is 3. The molecule has 1 unspecified atom stereocenters. The number of fused-ring (bicyclic) bond motifs is 1. The second-order valence-corrected chi connectivity index (χ2v) is 8.64. The second-order valence-electron chi connectivity index (χ2n) is 8.64. The van der Waals surface area contributed by atoms with E-state index in [2.05, 4.69) is 63.6 Å². The highest BCUT2D eigenvalue weighted by molar-refractivity contribution is 5.81. The fourth-order valence-electron chi connectivity index (χ4n) is 5.05. The number of para-hydroxylation sites is 1. The number of piperazine rings is 1. The van der Waals surface area contributed by atoms with Crippen LogP contribution in [0.25, 0.3) is 10.9 Å². The predicted octanol–water partition coefficient (Wildman–Crippen LogP) is 3.42. The third-order valence-corrected chi connectivity index (χ3v) is 6.56. The van der Waals surface area contributed by atoms with Crippen molar-refractivity contribution in [3.8, 4) is 0 Å². The predicted molar refractivity (Wildman–Crippen MR) is 114 cm³/mol. The lowest BCUT2D eigenvalue weighted by atomic mass is 9.97. The first-order chi connectivity index (χ1) is 13.2. The normalized spacial score (nSPS) is 23.3. The van der Waals surface area contributed by atoms with Crippen molar-refractivity contribution in [2.24, 2.45) is 13.0 Å². The van der Waals surface area contributed by atoms with Crippen LogP contribution >= 0.6 is 0 Å². The fraction of sp³-hybridized carbons (Fsp3) is 0.652. The molecule has 2 fully saturated rings. The Morgan fingerprint density at radius 3 is 2.52 bits per heavy atom. The van der Waals surface area contributed by atoms with Gasteiger partial charge >= 0.3 is 0 Å². The van der Waals surface area contributed by atoms with Gasteiger partial charge in [0.1, 0.15) is 0 Å². The van der Waals surface area contributed by atoms with E-state index < -0.39 is 0 Å². The molecule has 0 N–H and O–H groups in total. The SMILES string of the molecule is CCCN1CCN(CC2CCCN(Cc3cc4ccccc4n3C)C2)CC1. The van der Waals surface area contributed by atoms with Gasteiger partial charge in [0.05, 0.1) is 0 Å². The molecule has 0 aliphatic carbocycles. The average molecular weight is 369 g/mol. The molecule has 2 aliphatic heterocycles. The summed E-state index contributed by atoms with van der Waals surface area (Å²) in [4.78, 5) is 8.04. The van der Waals surface area contributed by atoms with E-state index in [1.54, 1.807) is 0 Å². The zero-order chi connectivity index (χ0) is 18.6. The molecular weight excluding hydrogens is 332 g/mol. The van der Waals surface area contributed by atoms with Gasteiger partial charge in [0.25, 0.3) is 0 Å². The number of hydrogen-bond donors (Lipinski definition) is 0. The van der Waals surface area contributed by atoms with E-state index in [9.17, 15) is 0 Å². The summed E-state index contributed by atoms with van der Waals surface area (Å²) in [7, 11) is 2.22. The molecule has 148 valence electrons. The third kappa shape index (κ3) is 4.56. The standard InChI is InChI=1S/C23H36N4/c1-3-10-25-12-14-26(15-13-25)17-20-7-6-11-27(18-20)19-22-16-21-8-4-5-9-23(21)24(22)2/h4-5,8-9,16,20H,3,6-7,10-15,17-19H2,1-2H3. The van der Waals surface area contributed by atoms with Gasteiger partial charge < -0.3 is 14.4 Å². The van der Waals surface area contributed by atoms with Crippen molar-refractivity contribution in [3.05, 3.63) is 36.0 Å². The summed E-state index contributed by atoms with van der Waals surface area (Å²) in [6.45, 7) is 13.5. The number of likely N-dealkylation sites (tertiary alicyclic amines) is 1. The van der Waals surface area contributed by atoms with Crippen molar-refractivity contribution >= 4 is 10.9 Å². The second kappa shape index (κ2) is 8.76. The van der Waals surface area contributed by atoms with Crippen molar-refractivity contribution in [2.45, 2.75) is 32.7 Å². The van der Waals surface area contributed by atoms with E-state index in [1.807, 2.05) is 0 Å². The van der Waals surface area contributed by atoms with Crippen molar-refractivity contribution in [1.29, 1.82) is 0 Å². The van der Waals surface area contributed by atoms with E-state index in [0.29, 0.717) is 0 Å². The van der Waals surface area contributed by atoms with Gasteiger partial charge in [-0.3, -0.25) is 4.90 Å². The first kappa shape index (κ1) is 19.0. The summed E-state index contributed by atoms with van der Waals surface area (Å²) in [6.07, 6.45) is 4.04. The van der Waals surface area contributed by atoms with E-state index in [-0.39, 0.29) is 0 Å². The fourth-order valence-corrected chi connectivity index (χ4v) is 5.05. The van der Waals surface area contributed by atoms with Crippen molar-refractivity contribution < 1.29 is 0 Å². The third-order valence-electron chi connectivity index (χ3n) is 6.56. The number of benzene rings is 1. The van der Waals surface area contributed by atoms with Gasteiger partial charge in [0.15, 0.2) is 0 Å². The van der Waals surface area contributed by atoms with Crippen LogP contribution in [0.4, 0.5) is 0 Å². The van der Waals surface area contributed by atoms with Crippen LogP contribution in [0.5, 0.6) is 0 Å². The quantitative estimate of drug-likeness (QED) is 0.776. The smallest absolute Gasteiger partial charge is 0.0480 e. The van der Waals surface area contributed by atoms with Crippen LogP contribution in [0.15, 0.2) is 30.3 Å². The molecule has 0 amide bonds. The summed E-state index contributed by atoms with van der Waals surface area (Å²) in [5, 5.41) is 1.37. The lowest BCUT2D eigenvalue weighted by Gasteiger charge is -2.39. The minimum Gasteiger partial charge on any atom is -0.346 e. The molecule has 3 heterocycles. The zero-order valence-electron chi connectivity index (χ0n) is 17.2. The molecule has 1 aromatic heterocycles. The Morgan fingerprint density at radius 1 is 0.963 bits per heavy atom. The number of rotatable bonds is 6. The van der Waals surface area contributed by atoms with Crippen LogP contribution < -0.4 is 0 Å². The lowest BCUT2D eigenvalue weighted by molar-refractivity contribution is 0.0871. The lowest BCUT2D eigenvalue weighted by Crippen LogP contribution is -2.49. The Labute approximate surface area is 164 Å². The summed E-state index contributed by atoms with van der Waals surface area (Å²) >= 11 is 0. The summed E-state index contributed by atoms with van der Waals surface area (Å²) in [5.41, 5.74) is 2.80. The Hall–Kier alpha value is -1.36. The first-order valence-corrected chi connectivity index (χ1v) is 10.9. The molecule has 2 saturated heterocycles. The molecular formula is C23H36N4. The van der Waals surface area contributed by atoms with Crippen LogP contribution in [0.1, 0.15) is 31.9 Å². The highest BCUT2D eigenvalue weighted by atomic mass is 15.3. The van der Waals surface area contributed by atoms with Gasteiger partial charge in [-0.15, -0.1) is 0 Å². The molecule has 27 heavy (non-hydrogen) atoms. The van der Waals surface area contributed by atoms with E-state index in [0.717, 1.165) is 12.5 Å². The largest absolute Gasteiger partial charge is 0.346 e. The Morgan fingerprint density at radius 2 is 1.74 bits per heavy atom. The zero-order valence-corrected chi connectivity index (χ0v) is 17.2. The van der Waals surface area contributed by atoms with Gasteiger partial charge in [-0.05, 0) is 55.8 Å².